The van der Waals surface area contributed by atoms with Crippen molar-refractivity contribution in [3.05, 3.63) is 58.9 Å². The molecule has 0 bridgehead atoms. The minimum absolute atomic E-state index is 0.177. The molecule has 1 unspecified atom stereocenters. The van der Waals surface area contributed by atoms with Crippen molar-refractivity contribution in [1.82, 2.24) is 4.90 Å². The maximum Gasteiger partial charge on any atom is 0.223 e. The maximum atomic E-state index is 13.6. The van der Waals surface area contributed by atoms with E-state index in [1.807, 2.05) is 17.0 Å². The first-order valence-electron chi connectivity index (χ1n) is 10.9. The van der Waals surface area contributed by atoms with Crippen LogP contribution in [0.3, 0.4) is 0 Å². The van der Waals surface area contributed by atoms with Crippen LogP contribution in [-0.2, 0) is 11.2 Å². The molecule has 5 heteroatoms. The number of benzene rings is 2. The van der Waals surface area contributed by atoms with Crippen LogP contribution in [0.2, 0.25) is 0 Å². The van der Waals surface area contributed by atoms with E-state index >= 15 is 0 Å². The molecule has 1 heterocycles. The van der Waals surface area contributed by atoms with Gasteiger partial charge in [0.05, 0.1) is 20.3 Å². The molecule has 1 atom stereocenters. The van der Waals surface area contributed by atoms with E-state index in [1.165, 1.54) is 37.8 Å². The number of methoxy groups -OCH3 is 2. The average Bonchev–Trinajstić information content (AvgIpc) is 3.30. The van der Waals surface area contributed by atoms with Gasteiger partial charge in [0, 0.05) is 13.0 Å². The molecule has 0 spiro atoms. The van der Waals surface area contributed by atoms with Crippen LogP contribution in [0.4, 0.5) is 4.39 Å². The molecule has 2 aromatic carbocycles. The van der Waals surface area contributed by atoms with E-state index in [0.717, 1.165) is 29.5 Å². The van der Waals surface area contributed by atoms with Crippen LogP contribution in [0.15, 0.2) is 36.4 Å². The van der Waals surface area contributed by atoms with Crippen molar-refractivity contribution in [2.24, 2.45) is 5.92 Å². The lowest BCUT2D eigenvalue weighted by atomic mass is 9.87. The summed E-state index contributed by atoms with van der Waals surface area (Å²) in [6.07, 6.45) is 7.37. The van der Waals surface area contributed by atoms with Gasteiger partial charge in [0.25, 0.3) is 0 Å². The molecule has 1 fully saturated rings. The van der Waals surface area contributed by atoms with Crippen molar-refractivity contribution in [3.63, 3.8) is 0 Å². The molecule has 0 N–H and O–H groups in total. The van der Waals surface area contributed by atoms with Gasteiger partial charge in [-0.3, -0.25) is 4.79 Å². The Bertz CT molecular complexity index is 890. The van der Waals surface area contributed by atoms with Gasteiger partial charge in [-0.25, -0.2) is 4.39 Å². The van der Waals surface area contributed by atoms with E-state index in [9.17, 15) is 9.18 Å². The highest BCUT2D eigenvalue weighted by Gasteiger charge is 2.33. The van der Waals surface area contributed by atoms with Crippen LogP contribution >= 0.6 is 0 Å². The summed E-state index contributed by atoms with van der Waals surface area (Å²) in [5.41, 5.74) is 3.08. The van der Waals surface area contributed by atoms with Crippen LogP contribution in [0.25, 0.3) is 0 Å². The lowest BCUT2D eigenvalue weighted by Gasteiger charge is -2.38. The smallest absolute Gasteiger partial charge is 0.223 e. The molecule has 160 valence electrons. The number of fused-ring (bicyclic) bond motifs is 1. The van der Waals surface area contributed by atoms with Gasteiger partial charge >= 0.3 is 0 Å². The van der Waals surface area contributed by atoms with E-state index in [0.29, 0.717) is 30.4 Å². The first-order chi connectivity index (χ1) is 14.6. The second kappa shape index (κ2) is 9.07. The molecular weight excluding hydrogens is 381 g/mol. The number of amides is 1. The highest BCUT2D eigenvalue weighted by molar-refractivity contribution is 5.78. The molecule has 1 amide bonds. The van der Waals surface area contributed by atoms with Crippen molar-refractivity contribution in [2.45, 2.75) is 51.0 Å². The van der Waals surface area contributed by atoms with E-state index in [1.54, 1.807) is 26.4 Å². The second-order valence-corrected chi connectivity index (χ2v) is 8.39. The lowest BCUT2D eigenvalue weighted by molar-refractivity contribution is -0.133. The number of ether oxygens (including phenoxy) is 2. The topological polar surface area (TPSA) is 38.8 Å². The zero-order valence-corrected chi connectivity index (χ0v) is 17.8. The van der Waals surface area contributed by atoms with E-state index in [4.69, 9.17) is 9.47 Å². The SMILES string of the molecule is COc1cc2c(cc1OC)C(c1ccc(F)cc1)N(C(=O)CCC1CCCC1)CC2. The first kappa shape index (κ1) is 20.7. The van der Waals surface area contributed by atoms with Gasteiger partial charge in [-0.15, -0.1) is 0 Å². The summed E-state index contributed by atoms with van der Waals surface area (Å²) in [6.45, 7) is 0.647. The molecule has 2 aromatic rings. The summed E-state index contributed by atoms with van der Waals surface area (Å²) in [7, 11) is 3.24. The van der Waals surface area contributed by atoms with Gasteiger partial charge in [-0.05, 0) is 59.7 Å². The number of nitrogens with zero attached hydrogens (tertiary/aromatic N) is 1. The minimum atomic E-state index is -0.277. The molecule has 30 heavy (non-hydrogen) atoms. The molecule has 4 nitrogen and oxygen atoms in total. The van der Waals surface area contributed by atoms with Crippen LogP contribution in [0, 0.1) is 11.7 Å². The average molecular weight is 412 g/mol. The van der Waals surface area contributed by atoms with Crippen molar-refractivity contribution >= 4 is 5.91 Å². The summed E-state index contributed by atoms with van der Waals surface area (Å²) in [5.74, 6) is 1.91. The molecule has 0 radical (unpaired) electrons. The van der Waals surface area contributed by atoms with Crippen LogP contribution in [0.5, 0.6) is 11.5 Å². The molecule has 0 aromatic heterocycles. The van der Waals surface area contributed by atoms with Gasteiger partial charge in [0.15, 0.2) is 11.5 Å². The maximum absolute atomic E-state index is 13.6. The second-order valence-electron chi connectivity index (χ2n) is 8.39. The summed E-state index contributed by atoms with van der Waals surface area (Å²) >= 11 is 0. The minimum Gasteiger partial charge on any atom is -0.493 e. The Kier molecular flexibility index (Phi) is 6.26. The van der Waals surface area contributed by atoms with Gasteiger partial charge in [0.1, 0.15) is 5.82 Å². The zero-order chi connectivity index (χ0) is 21.1. The highest BCUT2D eigenvalue weighted by Crippen LogP contribution is 2.41. The Morgan fingerprint density at radius 2 is 1.73 bits per heavy atom. The molecule has 4 rings (SSSR count). The monoisotopic (exact) mass is 411 g/mol. The lowest BCUT2D eigenvalue weighted by Crippen LogP contribution is -2.40. The largest absolute Gasteiger partial charge is 0.493 e. The van der Waals surface area contributed by atoms with Crippen molar-refractivity contribution in [2.75, 3.05) is 20.8 Å². The molecule has 0 saturated heterocycles. The molecular formula is C25H30FNO3. The standard InChI is InChI=1S/C25H30FNO3/c1-29-22-15-19-13-14-27(24(28)12-7-17-5-3-4-6-17)25(21(19)16-23(22)30-2)18-8-10-20(26)11-9-18/h8-11,15-17,25H,3-7,12-14H2,1-2H3. The Morgan fingerprint density at radius 1 is 1.07 bits per heavy atom. The molecule has 2 aliphatic rings. The number of hydrogen-bond donors (Lipinski definition) is 0. The number of carbonyl (C=O) groups is 1. The summed E-state index contributed by atoms with van der Waals surface area (Å²) in [5, 5.41) is 0. The van der Waals surface area contributed by atoms with Crippen molar-refractivity contribution in [3.8, 4) is 11.5 Å². The van der Waals surface area contributed by atoms with Crippen LogP contribution in [0.1, 0.15) is 61.3 Å². The van der Waals surface area contributed by atoms with Gasteiger partial charge < -0.3 is 14.4 Å². The Hall–Kier alpha value is -2.56. The molecule has 1 aliphatic carbocycles. The third-order valence-electron chi connectivity index (χ3n) is 6.62. The normalized spacial score (nSPS) is 18.9. The number of halogens is 1. The molecule has 1 aliphatic heterocycles. The van der Waals surface area contributed by atoms with E-state index < -0.39 is 0 Å². The van der Waals surface area contributed by atoms with Gasteiger partial charge in [0.2, 0.25) is 5.91 Å². The first-order valence-corrected chi connectivity index (χ1v) is 10.9. The Labute approximate surface area is 178 Å². The Morgan fingerprint density at radius 3 is 2.40 bits per heavy atom. The number of carbonyl (C=O) groups excluding carboxylic acids is 1. The van der Waals surface area contributed by atoms with E-state index in [-0.39, 0.29) is 17.8 Å². The summed E-state index contributed by atoms with van der Waals surface area (Å²) in [6, 6.07) is 10.2. The third kappa shape index (κ3) is 4.16. The fourth-order valence-corrected chi connectivity index (χ4v) is 4.99. The van der Waals surface area contributed by atoms with Crippen molar-refractivity contribution in [1.29, 1.82) is 0 Å². The zero-order valence-electron chi connectivity index (χ0n) is 17.8. The van der Waals surface area contributed by atoms with Crippen LogP contribution < -0.4 is 9.47 Å². The van der Waals surface area contributed by atoms with Crippen molar-refractivity contribution < 1.29 is 18.7 Å². The Balaban J connectivity index is 1.68. The predicted octanol–water partition coefficient (Wildman–Crippen LogP) is 5.29. The summed E-state index contributed by atoms with van der Waals surface area (Å²) in [4.78, 5) is 15.3. The number of rotatable bonds is 6. The van der Waals surface area contributed by atoms with Gasteiger partial charge in [-0.2, -0.15) is 0 Å². The highest BCUT2D eigenvalue weighted by atomic mass is 19.1. The third-order valence-corrected chi connectivity index (χ3v) is 6.62. The molecule has 1 saturated carbocycles. The van der Waals surface area contributed by atoms with Gasteiger partial charge in [-0.1, -0.05) is 37.8 Å². The fraction of sp³-hybridized carbons (Fsp3) is 0.480. The fourth-order valence-electron chi connectivity index (χ4n) is 4.99. The van der Waals surface area contributed by atoms with Crippen LogP contribution in [-0.4, -0.2) is 31.6 Å². The predicted molar refractivity (Wildman–Crippen MR) is 114 cm³/mol. The number of hydrogen-bond acceptors (Lipinski definition) is 3. The quantitative estimate of drug-likeness (QED) is 0.649. The van der Waals surface area contributed by atoms with E-state index in [2.05, 4.69) is 0 Å². The summed E-state index contributed by atoms with van der Waals surface area (Å²) < 4.78 is 24.6.